The molecular formula is C20H27ClN2O6S. The number of hydrogen-bond donors (Lipinski definition) is 2. The monoisotopic (exact) mass is 458 g/mol. The summed E-state index contributed by atoms with van der Waals surface area (Å²) in [6, 6.07) is 12.3. The van der Waals surface area contributed by atoms with Gasteiger partial charge in [-0.3, -0.25) is 4.21 Å². The van der Waals surface area contributed by atoms with Crippen molar-refractivity contribution in [2.75, 3.05) is 19.9 Å². The fourth-order valence-electron chi connectivity index (χ4n) is 2.87. The number of ether oxygens (including phenoxy) is 1. The highest BCUT2D eigenvalue weighted by Crippen LogP contribution is 2.26. The van der Waals surface area contributed by atoms with E-state index in [-0.39, 0.29) is 35.6 Å². The molecule has 0 aliphatic carbocycles. The van der Waals surface area contributed by atoms with Crippen molar-refractivity contribution < 1.29 is 24.0 Å². The molecule has 2 aromatic carbocycles. The van der Waals surface area contributed by atoms with E-state index in [4.69, 9.17) is 9.57 Å². The van der Waals surface area contributed by atoms with Gasteiger partial charge < -0.3 is 20.0 Å². The van der Waals surface area contributed by atoms with Crippen LogP contribution >= 0.6 is 12.4 Å². The van der Waals surface area contributed by atoms with Crippen molar-refractivity contribution in [2.45, 2.75) is 36.8 Å². The summed E-state index contributed by atoms with van der Waals surface area (Å²) in [7, 11) is 0.200. The summed E-state index contributed by atoms with van der Waals surface area (Å²) >= 11 is 0. The summed E-state index contributed by atoms with van der Waals surface area (Å²) in [6.45, 7) is 2.20. The van der Waals surface area contributed by atoms with Crippen molar-refractivity contribution in [2.24, 2.45) is 0 Å². The Kier molecular flexibility index (Phi) is 10.6. The van der Waals surface area contributed by atoms with Crippen LogP contribution in [-0.4, -0.2) is 40.4 Å². The molecule has 0 aliphatic heterocycles. The molecule has 0 fully saturated rings. The summed E-state index contributed by atoms with van der Waals surface area (Å²) in [5.74, 6) is 0.691. The number of hydrogen-bond acceptors (Lipinski definition) is 7. The molecule has 2 rings (SSSR count). The Hall–Kier alpha value is -2.36. The van der Waals surface area contributed by atoms with E-state index in [0.717, 1.165) is 18.6 Å². The number of benzene rings is 2. The number of nitrogens with zero attached hydrogens (tertiary/aromatic N) is 1. The van der Waals surface area contributed by atoms with Crippen LogP contribution in [0.2, 0.25) is 0 Å². The van der Waals surface area contributed by atoms with E-state index in [0.29, 0.717) is 5.56 Å². The van der Waals surface area contributed by atoms with Crippen molar-refractivity contribution in [1.82, 2.24) is 5.32 Å². The largest absolute Gasteiger partial charge is 0.507 e. The van der Waals surface area contributed by atoms with Gasteiger partial charge in [0.25, 0.3) is 5.09 Å². The Morgan fingerprint density at radius 2 is 1.90 bits per heavy atom. The van der Waals surface area contributed by atoms with Gasteiger partial charge >= 0.3 is 0 Å². The second-order valence-electron chi connectivity index (χ2n) is 6.69. The molecule has 166 valence electrons. The average molecular weight is 459 g/mol. The van der Waals surface area contributed by atoms with Gasteiger partial charge in [-0.25, -0.2) is 0 Å². The third-order valence-corrected chi connectivity index (χ3v) is 5.50. The van der Waals surface area contributed by atoms with Crippen molar-refractivity contribution in [3.63, 3.8) is 0 Å². The lowest BCUT2D eigenvalue weighted by Gasteiger charge is -2.20. The van der Waals surface area contributed by atoms with Crippen LogP contribution in [0, 0.1) is 10.1 Å². The summed E-state index contributed by atoms with van der Waals surface area (Å²) in [5, 5.41) is 23.1. The first kappa shape index (κ1) is 25.7. The zero-order valence-corrected chi connectivity index (χ0v) is 18.7. The normalized spacial score (nSPS) is 13.6. The molecule has 0 aliphatic rings. The highest BCUT2D eigenvalue weighted by Gasteiger charge is 2.19. The van der Waals surface area contributed by atoms with E-state index in [1.165, 1.54) is 30.0 Å². The Balaban J connectivity index is 0.00000450. The second-order valence-corrected chi connectivity index (χ2v) is 8.04. The lowest BCUT2D eigenvalue weighted by Crippen LogP contribution is -2.32. The molecular weight excluding hydrogens is 432 g/mol. The van der Waals surface area contributed by atoms with Crippen LogP contribution in [0.25, 0.3) is 0 Å². The van der Waals surface area contributed by atoms with E-state index >= 15 is 0 Å². The van der Waals surface area contributed by atoms with Crippen LogP contribution in [0.1, 0.15) is 30.6 Å². The van der Waals surface area contributed by atoms with Gasteiger partial charge in [0.2, 0.25) is 0 Å². The Morgan fingerprint density at radius 3 is 2.47 bits per heavy atom. The maximum atomic E-state index is 11.7. The highest BCUT2D eigenvalue weighted by molar-refractivity contribution is 7.84. The lowest BCUT2D eigenvalue weighted by atomic mass is 10.0. The van der Waals surface area contributed by atoms with Crippen molar-refractivity contribution in [3.05, 3.63) is 63.7 Å². The molecule has 0 saturated heterocycles. The molecule has 3 unspecified atom stereocenters. The Bertz CT molecular complexity index is 850. The molecule has 0 saturated carbocycles. The topological polar surface area (TPSA) is 111 Å². The number of methoxy groups -OCH3 is 1. The van der Waals surface area contributed by atoms with Gasteiger partial charge in [0.1, 0.15) is 17.6 Å². The molecule has 2 aromatic rings. The van der Waals surface area contributed by atoms with Gasteiger partial charge in [0.15, 0.2) is 0 Å². The lowest BCUT2D eigenvalue weighted by molar-refractivity contribution is -0.770. The summed E-state index contributed by atoms with van der Waals surface area (Å²) in [5.41, 5.74) is 1.64. The maximum absolute atomic E-state index is 11.7. The first-order valence-electron chi connectivity index (χ1n) is 9.14. The molecule has 0 amide bonds. The SMILES string of the molecule is COc1ccc(CCC(C)NCC(O[N+](=O)[O-])c2ccc(O)c(S(C)=O)c2)cc1.Cl. The van der Waals surface area contributed by atoms with E-state index in [1.807, 2.05) is 31.2 Å². The third-order valence-electron chi connectivity index (χ3n) is 4.56. The van der Waals surface area contributed by atoms with Crippen LogP contribution < -0.4 is 10.1 Å². The van der Waals surface area contributed by atoms with E-state index in [2.05, 4.69) is 5.32 Å². The zero-order valence-electron chi connectivity index (χ0n) is 17.1. The highest BCUT2D eigenvalue weighted by atomic mass is 35.5. The summed E-state index contributed by atoms with van der Waals surface area (Å²) in [6.07, 6.45) is 2.23. The second kappa shape index (κ2) is 12.4. The quantitative estimate of drug-likeness (QED) is 0.392. The predicted molar refractivity (Wildman–Crippen MR) is 117 cm³/mol. The average Bonchev–Trinajstić information content (AvgIpc) is 2.69. The van der Waals surface area contributed by atoms with Crippen LogP contribution in [-0.2, 0) is 22.1 Å². The van der Waals surface area contributed by atoms with Gasteiger partial charge in [-0.2, -0.15) is 0 Å². The molecule has 0 aromatic heterocycles. The predicted octanol–water partition coefficient (Wildman–Crippen LogP) is 3.42. The minimum Gasteiger partial charge on any atom is -0.507 e. The van der Waals surface area contributed by atoms with Crippen LogP contribution in [0.3, 0.4) is 0 Å². The van der Waals surface area contributed by atoms with Gasteiger partial charge in [-0.05, 0) is 55.2 Å². The number of aromatic hydroxyl groups is 1. The van der Waals surface area contributed by atoms with E-state index < -0.39 is 22.0 Å². The molecule has 2 N–H and O–H groups in total. The van der Waals surface area contributed by atoms with E-state index in [9.17, 15) is 19.4 Å². The number of rotatable bonds is 11. The Morgan fingerprint density at radius 1 is 1.23 bits per heavy atom. The summed E-state index contributed by atoms with van der Waals surface area (Å²) in [4.78, 5) is 15.9. The van der Waals surface area contributed by atoms with Gasteiger partial charge in [0.05, 0.1) is 22.8 Å². The molecule has 8 nitrogen and oxygen atoms in total. The summed E-state index contributed by atoms with van der Waals surface area (Å²) < 4.78 is 16.9. The first-order valence-corrected chi connectivity index (χ1v) is 10.7. The van der Waals surface area contributed by atoms with Crippen LogP contribution in [0.5, 0.6) is 11.5 Å². The Labute approximate surface area is 184 Å². The molecule has 0 radical (unpaired) electrons. The molecule has 3 atom stereocenters. The van der Waals surface area contributed by atoms with Gasteiger partial charge in [0, 0.05) is 18.8 Å². The first-order chi connectivity index (χ1) is 13.8. The minimum absolute atomic E-state index is 0. The number of phenolic OH excluding ortho intramolecular Hbond substituents is 1. The van der Waals surface area contributed by atoms with Crippen LogP contribution in [0.4, 0.5) is 0 Å². The number of aryl methyl sites for hydroxylation is 1. The fraction of sp³-hybridized carbons (Fsp3) is 0.400. The number of halogens is 1. The van der Waals surface area contributed by atoms with E-state index in [1.54, 1.807) is 7.11 Å². The minimum atomic E-state index is -1.42. The number of nitrogens with one attached hydrogen (secondary N) is 1. The smallest absolute Gasteiger partial charge is 0.295 e. The maximum Gasteiger partial charge on any atom is 0.295 e. The van der Waals surface area contributed by atoms with Crippen molar-refractivity contribution in [1.29, 1.82) is 0 Å². The third kappa shape index (κ3) is 7.81. The van der Waals surface area contributed by atoms with Gasteiger partial charge in [-0.1, -0.05) is 18.2 Å². The molecule has 30 heavy (non-hydrogen) atoms. The molecule has 10 heteroatoms. The van der Waals surface area contributed by atoms with Crippen molar-refractivity contribution >= 4 is 23.2 Å². The number of phenols is 1. The van der Waals surface area contributed by atoms with Gasteiger partial charge in [-0.15, -0.1) is 22.5 Å². The molecule has 0 bridgehead atoms. The zero-order chi connectivity index (χ0) is 21.4. The molecule has 0 heterocycles. The van der Waals surface area contributed by atoms with Crippen molar-refractivity contribution in [3.8, 4) is 11.5 Å². The fourth-order valence-corrected chi connectivity index (χ4v) is 3.53. The van der Waals surface area contributed by atoms with Crippen LogP contribution in [0.15, 0.2) is 47.4 Å². The molecule has 0 spiro atoms. The standard InChI is InChI=1S/C20H26N2O6S.ClH/c1-14(4-5-15-6-9-17(27-2)10-7-15)21-13-19(28-22(24)25)16-8-11-18(23)20(12-16)29(3)26;/h6-12,14,19,21,23H,4-5,13H2,1-3H3;1H.